The van der Waals surface area contributed by atoms with Gasteiger partial charge in [0.25, 0.3) is 0 Å². The van der Waals surface area contributed by atoms with Crippen molar-refractivity contribution in [2.45, 2.75) is 54.7 Å². The predicted molar refractivity (Wildman–Crippen MR) is 131 cm³/mol. The van der Waals surface area contributed by atoms with Crippen molar-refractivity contribution >= 4 is 35.0 Å². The van der Waals surface area contributed by atoms with Gasteiger partial charge < -0.3 is 15.0 Å². The molecule has 3 aromatic rings. The molecule has 1 aromatic carbocycles. The fourth-order valence-electron chi connectivity index (χ4n) is 4.65. The number of aromatic nitrogens is 4. The Labute approximate surface area is 202 Å². The van der Waals surface area contributed by atoms with E-state index in [1.54, 1.807) is 0 Å². The smallest absolute Gasteiger partial charge is 0.196 e. The number of hydrogen-bond donors (Lipinski definition) is 2. The maximum absolute atomic E-state index is 12.1. The first kappa shape index (κ1) is 21.6. The first-order valence-corrected chi connectivity index (χ1v) is 12.7. The molecule has 6 rings (SSSR count). The molecule has 1 spiro atoms. The van der Waals surface area contributed by atoms with E-state index in [1.807, 2.05) is 43.3 Å². The number of anilines is 3. The maximum atomic E-state index is 12.1. The number of rotatable bonds is 8. The van der Waals surface area contributed by atoms with Gasteiger partial charge in [-0.3, -0.25) is 9.89 Å². The number of ether oxygens (including phenoxy) is 1. The quantitative estimate of drug-likeness (QED) is 0.465. The largest absolute Gasteiger partial charge is 0.371 e. The van der Waals surface area contributed by atoms with Crippen molar-refractivity contribution in [3.05, 3.63) is 47.7 Å². The van der Waals surface area contributed by atoms with Gasteiger partial charge in [-0.25, -0.2) is 9.97 Å². The lowest BCUT2D eigenvalue weighted by molar-refractivity contribution is -0.119. The van der Waals surface area contributed by atoms with Crippen LogP contribution in [0.25, 0.3) is 0 Å². The van der Waals surface area contributed by atoms with E-state index < -0.39 is 0 Å². The molecular formula is C25H28N6O2S. The molecule has 2 aliphatic heterocycles. The van der Waals surface area contributed by atoms with Crippen LogP contribution in [0.5, 0.6) is 0 Å². The minimum Gasteiger partial charge on any atom is -0.371 e. The van der Waals surface area contributed by atoms with Gasteiger partial charge in [0, 0.05) is 41.7 Å². The van der Waals surface area contributed by atoms with Crippen molar-refractivity contribution in [3.8, 4) is 0 Å². The van der Waals surface area contributed by atoms with Crippen molar-refractivity contribution in [3.63, 3.8) is 0 Å². The van der Waals surface area contributed by atoms with Gasteiger partial charge in [0.15, 0.2) is 11.0 Å². The molecule has 0 radical (unpaired) electrons. The molecule has 0 bridgehead atoms. The summed E-state index contributed by atoms with van der Waals surface area (Å²) in [5, 5.41) is 11.2. The zero-order valence-electron chi connectivity index (χ0n) is 19.2. The van der Waals surface area contributed by atoms with E-state index in [-0.39, 0.29) is 5.60 Å². The number of hydrogen-bond acceptors (Lipinski definition) is 8. The number of ketones is 1. The van der Waals surface area contributed by atoms with Crippen LogP contribution in [-0.4, -0.2) is 51.2 Å². The molecule has 2 N–H and O–H groups in total. The van der Waals surface area contributed by atoms with Gasteiger partial charge >= 0.3 is 0 Å². The topological polar surface area (TPSA) is 96.0 Å². The van der Waals surface area contributed by atoms with Crippen molar-refractivity contribution in [1.29, 1.82) is 0 Å². The lowest BCUT2D eigenvalue weighted by Gasteiger charge is -2.47. The Kier molecular flexibility index (Phi) is 5.53. The van der Waals surface area contributed by atoms with Crippen LogP contribution in [0.1, 0.15) is 36.9 Å². The highest BCUT2D eigenvalue weighted by Gasteiger charge is 2.47. The molecule has 9 heteroatoms. The Balaban J connectivity index is 1.20. The van der Waals surface area contributed by atoms with Crippen LogP contribution in [0.2, 0.25) is 0 Å². The van der Waals surface area contributed by atoms with Gasteiger partial charge in [0.1, 0.15) is 23.0 Å². The van der Waals surface area contributed by atoms with E-state index in [0.717, 1.165) is 73.2 Å². The molecule has 1 saturated carbocycles. The highest BCUT2D eigenvalue weighted by molar-refractivity contribution is 7.99. The number of benzene rings is 1. The normalized spacial score (nSPS) is 18.8. The van der Waals surface area contributed by atoms with E-state index in [9.17, 15) is 4.79 Å². The summed E-state index contributed by atoms with van der Waals surface area (Å²) in [6.45, 7) is 4.54. The second-order valence-electron chi connectivity index (χ2n) is 9.61. The van der Waals surface area contributed by atoms with E-state index in [4.69, 9.17) is 14.7 Å². The first-order chi connectivity index (χ1) is 16.5. The Morgan fingerprint density at radius 1 is 1.21 bits per heavy atom. The van der Waals surface area contributed by atoms with Gasteiger partial charge in [0.2, 0.25) is 0 Å². The molecule has 34 heavy (non-hydrogen) atoms. The summed E-state index contributed by atoms with van der Waals surface area (Å²) in [4.78, 5) is 25.0. The molecule has 1 aliphatic carbocycles. The molecule has 2 saturated heterocycles. The monoisotopic (exact) mass is 476 g/mol. The van der Waals surface area contributed by atoms with E-state index in [1.165, 1.54) is 11.8 Å². The Morgan fingerprint density at radius 2 is 2.03 bits per heavy atom. The zero-order chi connectivity index (χ0) is 23.1. The van der Waals surface area contributed by atoms with Crippen molar-refractivity contribution in [2.24, 2.45) is 5.92 Å². The third kappa shape index (κ3) is 4.67. The minimum atomic E-state index is -0.00111. The average Bonchev–Trinajstić information content (AvgIpc) is 3.40. The fraction of sp³-hybridized carbons (Fsp3) is 0.440. The summed E-state index contributed by atoms with van der Waals surface area (Å²) >= 11 is 1.52. The zero-order valence-corrected chi connectivity index (χ0v) is 20.0. The van der Waals surface area contributed by atoms with Crippen LogP contribution in [0.4, 0.5) is 17.5 Å². The third-order valence-electron chi connectivity index (χ3n) is 6.66. The molecule has 176 valence electrons. The summed E-state index contributed by atoms with van der Waals surface area (Å²) in [6.07, 6.45) is 4.88. The number of Topliss-reactive ketones (excluding diaryl/α,β-unsaturated/α-hetero) is 1. The number of H-pyrrole nitrogens is 1. The van der Waals surface area contributed by atoms with Gasteiger partial charge in [0.05, 0.1) is 13.1 Å². The molecule has 4 heterocycles. The molecular weight excluding hydrogens is 448 g/mol. The van der Waals surface area contributed by atoms with Crippen molar-refractivity contribution < 1.29 is 9.53 Å². The van der Waals surface area contributed by atoms with Crippen LogP contribution in [0.3, 0.4) is 0 Å². The number of nitrogens with one attached hydrogen (secondary N) is 2. The average molecular weight is 477 g/mol. The molecule has 0 atom stereocenters. The van der Waals surface area contributed by atoms with E-state index in [2.05, 4.69) is 20.4 Å². The lowest BCUT2D eigenvalue weighted by Crippen LogP contribution is -2.61. The molecule has 3 fully saturated rings. The number of aryl methyl sites for hydroxylation is 1. The Bertz CT molecular complexity index is 1190. The molecule has 3 aliphatic rings. The van der Waals surface area contributed by atoms with Gasteiger partial charge in [-0.15, -0.1) is 0 Å². The minimum absolute atomic E-state index is 0.00111. The van der Waals surface area contributed by atoms with Crippen molar-refractivity contribution in [2.75, 3.05) is 29.9 Å². The summed E-state index contributed by atoms with van der Waals surface area (Å²) in [5.74, 6) is 2.98. The Hall–Kier alpha value is -2.91. The summed E-state index contributed by atoms with van der Waals surface area (Å²) < 4.78 is 6.00. The van der Waals surface area contributed by atoms with Gasteiger partial charge in [-0.05, 0) is 62.1 Å². The predicted octanol–water partition coefficient (Wildman–Crippen LogP) is 4.29. The number of carbonyl (C=O) groups is 1. The highest BCUT2D eigenvalue weighted by atomic mass is 32.2. The van der Waals surface area contributed by atoms with Crippen LogP contribution >= 0.6 is 11.8 Å². The summed E-state index contributed by atoms with van der Waals surface area (Å²) in [7, 11) is 0. The third-order valence-corrected chi connectivity index (χ3v) is 7.54. The highest BCUT2D eigenvalue weighted by Crippen LogP contribution is 2.38. The number of carbonyl (C=O) groups excluding carboxylic acids is 1. The van der Waals surface area contributed by atoms with E-state index >= 15 is 0 Å². The number of nitrogens with zero attached hydrogens (tertiary/aromatic N) is 4. The fourth-order valence-corrected chi connectivity index (χ4v) is 5.41. The summed E-state index contributed by atoms with van der Waals surface area (Å²) in [5.41, 5.74) is 2.04. The van der Waals surface area contributed by atoms with Crippen molar-refractivity contribution in [1.82, 2.24) is 20.2 Å². The van der Waals surface area contributed by atoms with Crippen LogP contribution in [0, 0.1) is 12.8 Å². The lowest BCUT2D eigenvalue weighted by atomic mass is 9.91. The van der Waals surface area contributed by atoms with Crippen LogP contribution < -0.4 is 10.2 Å². The first-order valence-electron chi connectivity index (χ1n) is 11.9. The second kappa shape index (κ2) is 8.70. The van der Waals surface area contributed by atoms with Crippen LogP contribution in [-0.2, 0) is 16.0 Å². The van der Waals surface area contributed by atoms with Gasteiger partial charge in [-0.1, -0.05) is 12.1 Å². The maximum Gasteiger partial charge on any atom is 0.196 e. The number of aromatic amines is 1. The van der Waals surface area contributed by atoms with E-state index in [0.29, 0.717) is 29.1 Å². The second-order valence-corrected chi connectivity index (χ2v) is 10.7. The van der Waals surface area contributed by atoms with Crippen LogP contribution in [0.15, 0.2) is 46.5 Å². The summed E-state index contributed by atoms with van der Waals surface area (Å²) in [6, 6.07) is 12.1. The molecule has 8 nitrogen and oxygen atoms in total. The van der Waals surface area contributed by atoms with Gasteiger partial charge in [-0.2, -0.15) is 5.10 Å². The molecule has 2 aromatic heterocycles. The Morgan fingerprint density at radius 3 is 2.71 bits per heavy atom. The standard InChI is InChI=1S/C25H28N6O2S/c1-16-11-22(30-29-16)26-21-13-23(31-14-25(15-31)9-2-10-33-25)28-24(27-21)34-19-7-3-17(4-8-19)12-20(32)18-5-6-18/h3-4,7-8,11,13,18H,2,5-6,9-10,12,14-15H2,1H3,(H2,26,27,28,29,30). The SMILES string of the molecule is Cc1cc(Nc2cc(N3CC4(CCCO4)C3)nc(Sc3ccc(CC(=O)C4CC4)cc3)n2)n[nH]1. The molecule has 0 amide bonds. The molecule has 0 unspecified atom stereocenters.